The highest BCUT2D eigenvalue weighted by molar-refractivity contribution is 6.00. The van der Waals surface area contributed by atoms with Crippen LogP contribution in [0.4, 0.5) is 5.69 Å². The summed E-state index contributed by atoms with van der Waals surface area (Å²) in [6.45, 7) is 1.14. The molecule has 3 aliphatic rings. The molecule has 166 valence electrons. The minimum absolute atomic E-state index is 0.0263. The second-order valence-electron chi connectivity index (χ2n) is 7.58. The van der Waals surface area contributed by atoms with E-state index in [-0.39, 0.29) is 25.5 Å². The van der Waals surface area contributed by atoms with Crippen molar-refractivity contribution in [2.75, 3.05) is 31.3 Å². The molecule has 2 atom stereocenters. The first-order valence-electron chi connectivity index (χ1n) is 10.3. The van der Waals surface area contributed by atoms with Gasteiger partial charge in [0, 0.05) is 24.7 Å². The first kappa shape index (κ1) is 20.0. The van der Waals surface area contributed by atoms with Crippen molar-refractivity contribution in [3.63, 3.8) is 0 Å². The molecule has 2 aromatic rings. The van der Waals surface area contributed by atoms with Gasteiger partial charge in [-0.1, -0.05) is 12.1 Å². The maximum Gasteiger partial charge on any atom is 0.283 e. The Labute approximate surface area is 183 Å². The van der Waals surface area contributed by atoms with E-state index in [2.05, 4.69) is 10.9 Å². The van der Waals surface area contributed by atoms with Crippen molar-refractivity contribution >= 4 is 23.4 Å². The zero-order valence-electron chi connectivity index (χ0n) is 17.0. The summed E-state index contributed by atoms with van der Waals surface area (Å²) in [5.41, 5.74) is 5.38. The Morgan fingerprint density at radius 1 is 0.875 bits per heavy atom. The third-order valence-corrected chi connectivity index (χ3v) is 5.44. The number of hydrogen-bond donors (Lipinski definition) is 2. The van der Waals surface area contributed by atoms with Gasteiger partial charge in [0.05, 0.1) is 5.92 Å². The number of fused-ring (bicyclic) bond motifs is 2. The number of nitrogens with one attached hydrogen (secondary N) is 2. The molecule has 3 heterocycles. The molecule has 3 amide bonds. The predicted molar refractivity (Wildman–Crippen MR) is 111 cm³/mol. The average molecular weight is 439 g/mol. The molecule has 1 fully saturated rings. The lowest BCUT2D eigenvalue weighted by molar-refractivity contribution is -0.136. The van der Waals surface area contributed by atoms with Gasteiger partial charge in [0.1, 0.15) is 19.8 Å². The number of para-hydroxylation sites is 2. The number of hydrazine groups is 1. The Morgan fingerprint density at radius 3 is 2.44 bits per heavy atom. The van der Waals surface area contributed by atoms with Crippen LogP contribution in [-0.4, -0.2) is 50.2 Å². The highest BCUT2D eigenvalue weighted by atomic mass is 16.6. The highest BCUT2D eigenvalue weighted by Crippen LogP contribution is 2.36. The molecule has 10 nitrogen and oxygen atoms in total. The molecule has 32 heavy (non-hydrogen) atoms. The molecule has 2 N–H and O–H groups in total. The molecule has 2 unspecified atom stereocenters. The molecule has 5 rings (SSSR count). The lowest BCUT2D eigenvalue weighted by Crippen LogP contribution is -2.52. The van der Waals surface area contributed by atoms with Crippen molar-refractivity contribution in [1.82, 2.24) is 10.9 Å². The third-order valence-electron chi connectivity index (χ3n) is 5.44. The van der Waals surface area contributed by atoms with E-state index in [1.165, 1.54) is 4.90 Å². The summed E-state index contributed by atoms with van der Waals surface area (Å²) >= 11 is 0. The maximum atomic E-state index is 12.6. The van der Waals surface area contributed by atoms with E-state index in [9.17, 15) is 14.4 Å². The molecular formula is C22H21N3O7. The van der Waals surface area contributed by atoms with Crippen LogP contribution in [0.2, 0.25) is 0 Å². The summed E-state index contributed by atoms with van der Waals surface area (Å²) in [4.78, 5) is 39.0. The number of carbonyl (C=O) groups is 3. The lowest BCUT2D eigenvalue weighted by Gasteiger charge is -2.25. The number of anilines is 1. The van der Waals surface area contributed by atoms with E-state index in [0.29, 0.717) is 41.9 Å². The quantitative estimate of drug-likeness (QED) is 0.680. The Hall–Kier alpha value is -3.95. The van der Waals surface area contributed by atoms with E-state index in [1.54, 1.807) is 42.5 Å². The SMILES string of the molecule is O=C(NNC(=O)C1COc2ccccc2O1)C1CC(=O)N(c2ccc3c(c2)OCCO3)C1. The standard InChI is InChI=1S/C22H21N3O7/c26-20-9-13(11-25(20)14-5-6-16-18(10-14)30-8-7-29-16)21(27)23-24-22(28)19-12-31-15-3-1-2-4-17(15)32-19/h1-6,10,13,19H,7-9,11-12H2,(H,23,27)(H,24,28). The second kappa shape index (κ2) is 8.29. The van der Waals surface area contributed by atoms with Gasteiger partial charge < -0.3 is 23.8 Å². The first-order chi connectivity index (χ1) is 15.6. The summed E-state index contributed by atoms with van der Waals surface area (Å²) in [5, 5.41) is 0. The lowest BCUT2D eigenvalue weighted by atomic mass is 10.1. The fraction of sp³-hybridized carbons (Fsp3) is 0.318. The second-order valence-corrected chi connectivity index (χ2v) is 7.58. The fourth-order valence-corrected chi connectivity index (χ4v) is 3.79. The van der Waals surface area contributed by atoms with Crippen LogP contribution in [0.5, 0.6) is 23.0 Å². The largest absolute Gasteiger partial charge is 0.486 e. The average Bonchev–Trinajstić information content (AvgIpc) is 3.23. The van der Waals surface area contributed by atoms with Gasteiger partial charge in [0.15, 0.2) is 23.0 Å². The summed E-state index contributed by atoms with van der Waals surface area (Å²) in [7, 11) is 0. The van der Waals surface area contributed by atoms with Gasteiger partial charge in [0.25, 0.3) is 5.91 Å². The van der Waals surface area contributed by atoms with Crippen molar-refractivity contribution in [3.05, 3.63) is 42.5 Å². The van der Waals surface area contributed by atoms with Crippen molar-refractivity contribution in [3.8, 4) is 23.0 Å². The summed E-state index contributed by atoms with van der Waals surface area (Å²) in [6.07, 6.45) is -0.864. The molecule has 3 aliphatic heterocycles. The molecule has 0 aliphatic carbocycles. The van der Waals surface area contributed by atoms with Gasteiger partial charge in [-0.15, -0.1) is 0 Å². The van der Waals surface area contributed by atoms with Crippen LogP contribution in [0.1, 0.15) is 6.42 Å². The van der Waals surface area contributed by atoms with Gasteiger partial charge in [-0.2, -0.15) is 0 Å². The molecule has 0 aromatic heterocycles. The van der Waals surface area contributed by atoms with Crippen molar-refractivity contribution in [1.29, 1.82) is 0 Å². The fourth-order valence-electron chi connectivity index (χ4n) is 3.79. The van der Waals surface area contributed by atoms with Crippen LogP contribution < -0.4 is 34.7 Å². The Morgan fingerprint density at radius 2 is 1.59 bits per heavy atom. The molecule has 1 saturated heterocycles. The van der Waals surface area contributed by atoms with Crippen LogP contribution in [-0.2, 0) is 14.4 Å². The number of amides is 3. The predicted octanol–water partition coefficient (Wildman–Crippen LogP) is 0.798. The Bertz CT molecular complexity index is 1070. The number of nitrogens with zero attached hydrogens (tertiary/aromatic N) is 1. The Balaban J connectivity index is 1.16. The number of ether oxygens (including phenoxy) is 4. The van der Waals surface area contributed by atoms with Crippen LogP contribution in [0.25, 0.3) is 0 Å². The summed E-state index contributed by atoms with van der Waals surface area (Å²) < 4.78 is 22.2. The number of rotatable bonds is 3. The number of benzene rings is 2. The van der Waals surface area contributed by atoms with Crippen LogP contribution in [0.3, 0.4) is 0 Å². The van der Waals surface area contributed by atoms with Crippen molar-refractivity contribution in [2.45, 2.75) is 12.5 Å². The maximum absolute atomic E-state index is 12.6. The van der Waals surface area contributed by atoms with Gasteiger partial charge in [0.2, 0.25) is 17.9 Å². The van der Waals surface area contributed by atoms with Gasteiger partial charge >= 0.3 is 0 Å². The topological polar surface area (TPSA) is 115 Å². The number of hydrogen-bond acceptors (Lipinski definition) is 7. The Kier molecular flexibility index (Phi) is 5.18. The molecule has 0 saturated carbocycles. The molecule has 0 radical (unpaired) electrons. The monoisotopic (exact) mass is 439 g/mol. The molecule has 0 spiro atoms. The van der Waals surface area contributed by atoms with E-state index in [0.717, 1.165) is 0 Å². The van der Waals surface area contributed by atoms with E-state index < -0.39 is 23.8 Å². The zero-order chi connectivity index (χ0) is 22.1. The van der Waals surface area contributed by atoms with E-state index >= 15 is 0 Å². The summed E-state index contributed by atoms with van der Waals surface area (Å²) in [5.74, 6) is 0.419. The molecule has 0 bridgehead atoms. The normalized spacial score (nSPS) is 21.1. The van der Waals surface area contributed by atoms with Crippen LogP contribution >= 0.6 is 0 Å². The van der Waals surface area contributed by atoms with Crippen molar-refractivity contribution in [2.24, 2.45) is 5.92 Å². The van der Waals surface area contributed by atoms with Crippen molar-refractivity contribution < 1.29 is 33.3 Å². The smallest absolute Gasteiger partial charge is 0.283 e. The first-order valence-corrected chi connectivity index (χ1v) is 10.3. The van der Waals surface area contributed by atoms with Gasteiger partial charge in [-0.3, -0.25) is 25.2 Å². The van der Waals surface area contributed by atoms with E-state index in [4.69, 9.17) is 18.9 Å². The minimum Gasteiger partial charge on any atom is -0.486 e. The van der Waals surface area contributed by atoms with Crippen LogP contribution in [0, 0.1) is 5.92 Å². The highest BCUT2D eigenvalue weighted by Gasteiger charge is 2.36. The van der Waals surface area contributed by atoms with Gasteiger partial charge in [-0.05, 0) is 24.3 Å². The minimum atomic E-state index is -0.898. The van der Waals surface area contributed by atoms with Gasteiger partial charge in [-0.25, -0.2) is 0 Å². The third kappa shape index (κ3) is 3.86. The molecular weight excluding hydrogens is 418 g/mol. The van der Waals surface area contributed by atoms with E-state index in [1.807, 2.05) is 0 Å². The number of carbonyl (C=O) groups excluding carboxylic acids is 3. The molecule has 2 aromatic carbocycles. The van der Waals surface area contributed by atoms with Crippen LogP contribution in [0.15, 0.2) is 42.5 Å². The molecule has 10 heteroatoms. The summed E-state index contributed by atoms with van der Waals surface area (Å²) in [6, 6.07) is 12.3. The zero-order valence-corrected chi connectivity index (χ0v) is 17.0.